The molecule has 20 heavy (non-hydrogen) atoms. The van der Waals surface area contributed by atoms with E-state index in [9.17, 15) is 0 Å². The molecule has 0 aromatic carbocycles. The lowest BCUT2D eigenvalue weighted by Crippen LogP contribution is -2.17. The van der Waals surface area contributed by atoms with Crippen LogP contribution in [0.1, 0.15) is 24.6 Å². The molecule has 4 rings (SSSR count). The maximum atomic E-state index is 4.89. The van der Waals surface area contributed by atoms with Gasteiger partial charge in [0.05, 0.1) is 0 Å². The molecule has 2 saturated heterocycles. The van der Waals surface area contributed by atoms with Gasteiger partial charge in [0.25, 0.3) is 0 Å². The minimum Gasteiger partial charge on any atom is -0.316 e. The van der Waals surface area contributed by atoms with E-state index in [0.717, 1.165) is 36.7 Å². The number of nitrogens with zero attached hydrogens (tertiary/aromatic N) is 3. The van der Waals surface area contributed by atoms with Crippen molar-refractivity contribution in [3.05, 3.63) is 24.2 Å². The maximum absolute atomic E-state index is 4.89. The summed E-state index contributed by atoms with van der Waals surface area (Å²) < 4.78 is 2.41. The van der Waals surface area contributed by atoms with Crippen molar-refractivity contribution in [2.75, 3.05) is 24.6 Å². The molecule has 2 aromatic rings. The van der Waals surface area contributed by atoms with Crippen LogP contribution in [0.4, 0.5) is 0 Å². The monoisotopic (exact) mass is 288 g/mol. The standard InChI is InChI=1S/C15H20N4S/c1-2-13-15(17-5-1)19(9-11-4-7-20-10-11)14(18-13)12-3-6-16-8-12/h1-2,5,11-12,16H,3-4,6-10H2. The van der Waals surface area contributed by atoms with Crippen LogP contribution < -0.4 is 5.32 Å². The van der Waals surface area contributed by atoms with E-state index in [-0.39, 0.29) is 0 Å². The smallest absolute Gasteiger partial charge is 0.160 e. The lowest BCUT2D eigenvalue weighted by molar-refractivity contribution is 0.475. The molecule has 2 fully saturated rings. The van der Waals surface area contributed by atoms with Gasteiger partial charge in [0, 0.05) is 25.2 Å². The zero-order valence-corrected chi connectivity index (χ0v) is 12.4. The van der Waals surface area contributed by atoms with E-state index in [1.165, 1.54) is 30.2 Å². The molecule has 2 unspecified atom stereocenters. The number of fused-ring (bicyclic) bond motifs is 1. The molecule has 5 heteroatoms. The van der Waals surface area contributed by atoms with Gasteiger partial charge in [0.2, 0.25) is 0 Å². The summed E-state index contributed by atoms with van der Waals surface area (Å²) in [6.07, 6.45) is 4.42. The number of thioether (sulfide) groups is 1. The van der Waals surface area contributed by atoms with Crippen molar-refractivity contribution < 1.29 is 0 Å². The van der Waals surface area contributed by atoms with Gasteiger partial charge in [-0.15, -0.1) is 0 Å². The van der Waals surface area contributed by atoms with Gasteiger partial charge in [-0.1, -0.05) is 0 Å². The quantitative estimate of drug-likeness (QED) is 0.941. The molecule has 0 aliphatic carbocycles. The molecular formula is C15H20N4S. The topological polar surface area (TPSA) is 42.7 Å². The van der Waals surface area contributed by atoms with E-state index in [0.29, 0.717) is 5.92 Å². The van der Waals surface area contributed by atoms with E-state index < -0.39 is 0 Å². The highest BCUT2D eigenvalue weighted by atomic mass is 32.2. The molecule has 106 valence electrons. The van der Waals surface area contributed by atoms with Crippen molar-refractivity contribution in [2.45, 2.75) is 25.3 Å². The zero-order chi connectivity index (χ0) is 13.4. The lowest BCUT2D eigenvalue weighted by Gasteiger charge is -2.16. The van der Waals surface area contributed by atoms with Crippen LogP contribution in [0.25, 0.3) is 11.2 Å². The maximum Gasteiger partial charge on any atom is 0.160 e. The van der Waals surface area contributed by atoms with E-state index in [2.05, 4.69) is 32.7 Å². The molecule has 0 bridgehead atoms. The van der Waals surface area contributed by atoms with Crippen molar-refractivity contribution >= 4 is 22.9 Å². The average molecular weight is 288 g/mol. The van der Waals surface area contributed by atoms with Crippen LogP contribution in [0.2, 0.25) is 0 Å². The van der Waals surface area contributed by atoms with Crippen molar-refractivity contribution in [2.24, 2.45) is 5.92 Å². The van der Waals surface area contributed by atoms with Crippen molar-refractivity contribution in [1.82, 2.24) is 19.9 Å². The first-order valence-corrected chi connectivity index (χ1v) is 8.67. The molecule has 2 atom stereocenters. The Morgan fingerprint density at radius 3 is 3.20 bits per heavy atom. The predicted molar refractivity (Wildman–Crippen MR) is 83.2 cm³/mol. The molecule has 4 nitrogen and oxygen atoms in total. The van der Waals surface area contributed by atoms with Crippen LogP contribution in [-0.4, -0.2) is 39.1 Å². The van der Waals surface area contributed by atoms with Gasteiger partial charge in [-0.05, 0) is 48.9 Å². The van der Waals surface area contributed by atoms with Gasteiger partial charge in [0.15, 0.2) is 5.65 Å². The van der Waals surface area contributed by atoms with Crippen LogP contribution in [0, 0.1) is 5.92 Å². The summed E-state index contributed by atoms with van der Waals surface area (Å²) in [5.74, 6) is 5.19. The third-order valence-corrected chi connectivity index (χ3v) is 5.66. The first-order chi connectivity index (χ1) is 9.92. The van der Waals surface area contributed by atoms with E-state index >= 15 is 0 Å². The molecule has 4 heterocycles. The van der Waals surface area contributed by atoms with Crippen molar-refractivity contribution in [1.29, 1.82) is 0 Å². The summed E-state index contributed by atoms with van der Waals surface area (Å²) in [4.78, 5) is 9.48. The highest BCUT2D eigenvalue weighted by Gasteiger charge is 2.26. The summed E-state index contributed by atoms with van der Waals surface area (Å²) in [6, 6.07) is 4.08. The second-order valence-electron chi connectivity index (χ2n) is 5.85. The fourth-order valence-electron chi connectivity index (χ4n) is 3.33. The van der Waals surface area contributed by atoms with Gasteiger partial charge in [-0.3, -0.25) is 0 Å². The first-order valence-electron chi connectivity index (χ1n) is 7.51. The normalized spacial score (nSPS) is 26.6. The minimum atomic E-state index is 0.554. The Labute approximate surface area is 123 Å². The Balaban J connectivity index is 1.75. The highest BCUT2D eigenvalue weighted by Crippen LogP contribution is 2.30. The largest absolute Gasteiger partial charge is 0.316 e. The van der Waals surface area contributed by atoms with Gasteiger partial charge in [-0.2, -0.15) is 11.8 Å². The number of pyridine rings is 1. The SMILES string of the molecule is c1cnc2c(c1)nc(C1CCNC1)n2CC1CCSC1. The molecular weight excluding hydrogens is 268 g/mol. The summed E-state index contributed by atoms with van der Waals surface area (Å²) in [6.45, 7) is 3.26. The van der Waals surface area contributed by atoms with Crippen molar-refractivity contribution in [3.8, 4) is 0 Å². The third-order valence-electron chi connectivity index (χ3n) is 4.42. The number of hydrogen-bond donors (Lipinski definition) is 1. The van der Waals surface area contributed by atoms with E-state index in [4.69, 9.17) is 4.98 Å². The highest BCUT2D eigenvalue weighted by molar-refractivity contribution is 7.99. The number of rotatable bonds is 3. The van der Waals surface area contributed by atoms with Crippen LogP contribution in [0.3, 0.4) is 0 Å². The Morgan fingerprint density at radius 2 is 2.40 bits per heavy atom. The van der Waals surface area contributed by atoms with Gasteiger partial charge in [0.1, 0.15) is 11.3 Å². The second kappa shape index (κ2) is 5.37. The third kappa shape index (κ3) is 2.23. The number of imidazole rings is 1. The molecule has 0 radical (unpaired) electrons. The molecule has 0 saturated carbocycles. The fourth-order valence-corrected chi connectivity index (χ4v) is 4.60. The fraction of sp³-hybridized carbons (Fsp3) is 0.600. The molecule has 2 aliphatic rings. The average Bonchev–Trinajstić information content (AvgIpc) is 3.19. The Hall–Kier alpha value is -1.07. The molecule has 0 spiro atoms. The summed E-state index contributed by atoms with van der Waals surface area (Å²) in [7, 11) is 0. The van der Waals surface area contributed by atoms with Gasteiger partial charge < -0.3 is 9.88 Å². The van der Waals surface area contributed by atoms with Crippen LogP contribution >= 0.6 is 11.8 Å². The van der Waals surface area contributed by atoms with E-state index in [1.54, 1.807) is 0 Å². The second-order valence-corrected chi connectivity index (χ2v) is 7.00. The number of hydrogen-bond acceptors (Lipinski definition) is 4. The van der Waals surface area contributed by atoms with Crippen molar-refractivity contribution in [3.63, 3.8) is 0 Å². The number of aromatic nitrogens is 3. The zero-order valence-electron chi connectivity index (χ0n) is 11.6. The summed E-state index contributed by atoms with van der Waals surface area (Å²) in [5, 5.41) is 3.46. The molecule has 2 aliphatic heterocycles. The predicted octanol–water partition coefficient (Wildman–Crippen LogP) is 2.26. The molecule has 2 aromatic heterocycles. The first kappa shape index (κ1) is 12.7. The van der Waals surface area contributed by atoms with E-state index in [1.807, 2.05) is 12.3 Å². The Morgan fingerprint density at radius 1 is 1.40 bits per heavy atom. The van der Waals surface area contributed by atoms with Crippen LogP contribution in [0.15, 0.2) is 18.3 Å². The number of nitrogens with one attached hydrogen (secondary N) is 1. The summed E-state index contributed by atoms with van der Waals surface area (Å²) >= 11 is 2.08. The summed E-state index contributed by atoms with van der Waals surface area (Å²) in [5.41, 5.74) is 2.13. The van der Waals surface area contributed by atoms with Crippen LogP contribution in [0.5, 0.6) is 0 Å². The Bertz CT molecular complexity index is 597. The van der Waals surface area contributed by atoms with Gasteiger partial charge in [-0.25, -0.2) is 9.97 Å². The molecule has 0 amide bonds. The minimum absolute atomic E-state index is 0.554. The van der Waals surface area contributed by atoms with Gasteiger partial charge >= 0.3 is 0 Å². The lowest BCUT2D eigenvalue weighted by atomic mass is 10.1. The Kier molecular flexibility index (Phi) is 3.40. The molecule has 1 N–H and O–H groups in total. The van der Waals surface area contributed by atoms with Crippen LogP contribution in [-0.2, 0) is 6.54 Å².